The van der Waals surface area contributed by atoms with E-state index in [2.05, 4.69) is 0 Å². The average Bonchev–Trinajstić information content (AvgIpc) is 2.91. The number of hydrogen-bond donors (Lipinski definition) is 0. The second-order valence-corrected chi connectivity index (χ2v) is 8.07. The van der Waals surface area contributed by atoms with Gasteiger partial charge in [0.15, 0.2) is 0 Å². The molecule has 1 aromatic rings. The van der Waals surface area contributed by atoms with Gasteiger partial charge in [0, 0.05) is 18.2 Å². The number of rotatable bonds is 4. The maximum atomic E-state index is 13.9. The van der Waals surface area contributed by atoms with Crippen LogP contribution in [0, 0.1) is 18.7 Å². The molecule has 3 nitrogen and oxygen atoms in total. The van der Waals surface area contributed by atoms with Crippen LogP contribution in [-0.4, -0.2) is 25.3 Å². The van der Waals surface area contributed by atoms with E-state index in [1.165, 1.54) is 12.1 Å². The predicted molar refractivity (Wildman–Crippen MR) is 82.4 cm³/mol. The Hall–Kier alpha value is -0.650. The second kappa shape index (κ2) is 6.23. The Morgan fingerprint density at radius 1 is 1.43 bits per heavy atom. The van der Waals surface area contributed by atoms with Crippen molar-refractivity contribution < 1.29 is 12.8 Å². The fourth-order valence-corrected chi connectivity index (χ4v) is 5.08. The Labute approximate surface area is 131 Å². The second-order valence-electron chi connectivity index (χ2n) is 5.92. The van der Waals surface area contributed by atoms with Crippen molar-refractivity contribution >= 4 is 21.6 Å². The Bertz CT molecular complexity index is 631. The summed E-state index contributed by atoms with van der Waals surface area (Å²) in [6, 6.07) is 2.77. The summed E-state index contributed by atoms with van der Waals surface area (Å²) in [5.74, 6) is -0.203. The Kier molecular flexibility index (Phi) is 4.96. The van der Waals surface area contributed by atoms with E-state index in [1.54, 1.807) is 11.2 Å². The molecule has 1 saturated heterocycles. The SMILES string of the molecule is Cc1cc(S(=O)(=O)N2CCCC2C(C)C)cc(CCl)c1F. The summed E-state index contributed by atoms with van der Waals surface area (Å²) in [7, 11) is -3.60. The zero-order valence-electron chi connectivity index (χ0n) is 12.6. The van der Waals surface area contributed by atoms with Crippen molar-refractivity contribution in [2.45, 2.75) is 50.4 Å². The van der Waals surface area contributed by atoms with Crippen molar-refractivity contribution in [3.63, 3.8) is 0 Å². The Morgan fingerprint density at radius 2 is 2.10 bits per heavy atom. The molecule has 1 aliphatic heterocycles. The smallest absolute Gasteiger partial charge is 0.207 e. The lowest BCUT2D eigenvalue weighted by Crippen LogP contribution is -2.38. The molecule has 6 heteroatoms. The molecule has 118 valence electrons. The van der Waals surface area contributed by atoms with E-state index < -0.39 is 15.8 Å². The summed E-state index contributed by atoms with van der Waals surface area (Å²) < 4.78 is 41.1. The molecule has 1 heterocycles. The van der Waals surface area contributed by atoms with Crippen molar-refractivity contribution in [2.24, 2.45) is 5.92 Å². The predicted octanol–water partition coefficient (Wildman–Crippen LogP) is 3.68. The lowest BCUT2D eigenvalue weighted by Gasteiger charge is -2.27. The number of benzene rings is 1. The minimum Gasteiger partial charge on any atom is -0.207 e. The summed E-state index contributed by atoms with van der Waals surface area (Å²) in [5.41, 5.74) is 0.544. The number of nitrogens with zero attached hydrogens (tertiary/aromatic N) is 1. The quantitative estimate of drug-likeness (QED) is 0.788. The molecule has 0 aliphatic carbocycles. The third kappa shape index (κ3) is 3.10. The third-order valence-corrected chi connectivity index (χ3v) is 6.26. The van der Waals surface area contributed by atoms with Gasteiger partial charge in [-0.25, -0.2) is 12.8 Å². The van der Waals surface area contributed by atoms with Gasteiger partial charge in [0.2, 0.25) is 10.0 Å². The first-order chi connectivity index (χ1) is 9.78. The van der Waals surface area contributed by atoms with Crippen LogP contribution in [-0.2, 0) is 15.9 Å². The van der Waals surface area contributed by atoms with Crippen molar-refractivity contribution in [1.82, 2.24) is 4.31 Å². The molecule has 1 unspecified atom stereocenters. The first kappa shape index (κ1) is 16.7. The van der Waals surface area contributed by atoms with E-state index in [0.717, 1.165) is 12.8 Å². The van der Waals surface area contributed by atoms with Gasteiger partial charge in [-0.2, -0.15) is 4.31 Å². The molecule has 1 atom stereocenters. The molecule has 0 amide bonds. The summed E-state index contributed by atoms with van der Waals surface area (Å²) >= 11 is 5.72. The van der Waals surface area contributed by atoms with Crippen molar-refractivity contribution in [2.75, 3.05) is 6.54 Å². The van der Waals surface area contributed by atoms with Crippen LogP contribution in [0.3, 0.4) is 0 Å². The van der Waals surface area contributed by atoms with E-state index in [0.29, 0.717) is 12.1 Å². The molecule has 1 aromatic carbocycles. The molecule has 0 spiro atoms. The molecule has 1 fully saturated rings. The van der Waals surface area contributed by atoms with Gasteiger partial charge in [-0.1, -0.05) is 13.8 Å². The number of alkyl halides is 1. The van der Waals surface area contributed by atoms with Crippen molar-refractivity contribution in [1.29, 1.82) is 0 Å². The van der Waals surface area contributed by atoms with E-state index in [1.807, 2.05) is 13.8 Å². The minimum atomic E-state index is -3.60. The first-order valence-corrected chi connectivity index (χ1v) is 9.13. The van der Waals surface area contributed by atoms with Crippen LogP contribution in [0.4, 0.5) is 4.39 Å². The highest BCUT2D eigenvalue weighted by Crippen LogP contribution is 2.31. The largest absolute Gasteiger partial charge is 0.243 e. The summed E-state index contributed by atoms with van der Waals surface area (Å²) in [6.45, 7) is 6.14. The molecule has 0 N–H and O–H groups in total. The highest BCUT2D eigenvalue weighted by molar-refractivity contribution is 7.89. The summed E-state index contributed by atoms with van der Waals surface area (Å²) in [5, 5.41) is 0. The van der Waals surface area contributed by atoms with Gasteiger partial charge in [-0.15, -0.1) is 11.6 Å². The number of hydrogen-bond acceptors (Lipinski definition) is 2. The zero-order valence-corrected chi connectivity index (χ0v) is 14.1. The lowest BCUT2D eigenvalue weighted by atomic mass is 10.0. The van der Waals surface area contributed by atoms with E-state index >= 15 is 0 Å². The Morgan fingerprint density at radius 3 is 2.67 bits per heavy atom. The van der Waals surface area contributed by atoms with Crippen molar-refractivity contribution in [3.8, 4) is 0 Å². The fourth-order valence-electron chi connectivity index (χ4n) is 2.92. The molecule has 21 heavy (non-hydrogen) atoms. The highest BCUT2D eigenvalue weighted by Gasteiger charge is 2.37. The average molecular weight is 334 g/mol. The van der Waals surface area contributed by atoms with E-state index in [-0.39, 0.29) is 28.3 Å². The van der Waals surface area contributed by atoms with Crippen LogP contribution in [0.2, 0.25) is 0 Å². The molecular weight excluding hydrogens is 313 g/mol. The van der Waals surface area contributed by atoms with Gasteiger partial charge in [-0.3, -0.25) is 0 Å². The van der Waals surface area contributed by atoms with Crippen LogP contribution < -0.4 is 0 Å². The standard InChI is InChI=1S/C15H21ClFNO2S/c1-10(2)14-5-4-6-18(14)21(19,20)13-7-11(3)15(17)12(8-13)9-16/h7-8,10,14H,4-6,9H2,1-3H3. The third-order valence-electron chi connectivity index (χ3n) is 4.07. The monoisotopic (exact) mass is 333 g/mol. The molecule has 0 radical (unpaired) electrons. The lowest BCUT2D eigenvalue weighted by molar-refractivity contribution is 0.315. The maximum absolute atomic E-state index is 13.9. The van der Waals surface area contributed by atoms with Gasteiger partial charge in [-0.05, 0) is 43.4 Å². The minimum absolute atomic E-state index is 0.0137. The van der Waals surface area contributed by atoms with Gasteiger partial charge in [0.25, 0.3) is 0 Å². The van der Waals surface area contributed by atoms with E-state index in [9.17, 15) is 12.8 Å². The van der Waals surface area contributed by atoms with Crippen LogP contribution in [0.25, 0.3) is 0 Å². The zero-order chi connectivity index (χ0) is 15.8. The van der Waals surface area contributed by atoms with Crippen LogP contribution in [0.15, 0.2) is 17.0 Å². The maximum Gasteiger partial charge on any atom is 0.243 e. The van der Waals surface area contributed by atoms with Gasteiger partial charge in [0.1, 0.15) is 5.82 Å². The van der Waals surface area contributed by atoms with E-state index in [4.69, 9.17) is 11.6 Å². The highest BCUT2D eigenvalue weighted by atomic mass is 35.5. The van der Waals surface area contributed by atoms with Gasteiger partial charge < -0.3 is 0 Å². The topological polar surface area (TPSA) is 37.4 Å². The van der Waals surface area contributed by atoms with Gasteiger partial charge in [0.05, 0.1) is 10.8 Å². The number of aryl methyl sites for hydroxylation is 1. The molecule has 0 aromatic heterocycles. The van der Waals surface area contributed by atoms with Crippen molar-refractivity contribution in [3.05, 3.63) is 29.1 Å². The van der Waals surface area contributed by atoms with Crippen LogP contribution in [0.1, 0.15) is 37.8 Å². The fraction of sp³-hybridized carbons (Fsp3) is 0.600. The number of halogens is 2. The molecule has 1 aliphatic rings. The Balaban J connectivity index is 2.47. The summed E-state index contributed by atoms with van der Waals surface area (Å²) in [6.07, 6.45) is 1.74. The molecular formula is C15H21ClFNO2S. The molecule has 2 rings (SSSR count). The first-order valence-electron chi connectivity index (χ1n) is 7.16. The molecule has 0 saturated carbocycles. The van der Waals surface area contributed by atoms with Crippen LogP contribution in [0.5, 0.6) is 0 Å². The van der Waals surface area contributed by atoms with Gasteiger partial charge >= 0.3 is 0 Å². The molecule has 0 bridgehead atoms. The van der Waals surface area contributed by atoms with Crippen LogP contribution >= 0.6 is 11.6 Å². The summed E-state index contributed by atoms with van der Waals surface area (Å²) in [4.78, 5) is 0.143. The number of sulfonamides is 1. The normalized spacial score (nSPS) is 20.4.